The molecule has 17 heavy (non-hydrogen) atoms. The predicted molar refractivity (Wildman–Crippen MR) is 73.8 cm³/mol. The van der Waals surface area contributed by atoms with E-state index >= 15 is 0 Å². The van der Waals surface area contributed by atoms with Gasteiger partial charge in [0, 0.05) is 0 Å². The number of hydrogen-bond acceptors (Lipinski definition) is 2. The SMILES string of the molecule is Cc1cc(OC(C)C)c(C)c(C)c1CCCN. The van der Waals surface area contributed by atoms with Crippen molar-refractivity contribution < 1.29 is 4.74 Å². The van der Waals surface area contributed by atoms with E-state index in [0.717, 1.165) is 25.1 Å². The summed E-state index contributed by atoms with van der Waals surface area (Å²) in [6.07, 6.45) is 2.34. The van der Waals surface area contributed by atoms with Crippen molar-refractivity contribution in [1.82, 2.24) is 0 Å². The Balaban J connectivity index is 3.08. The van der Waals surface area contributed by atoms with E-state index in [-0.39, 0.29) is 6.10 Å². The summed E-state index contributed by atoms with van der Waals surface area (Å²) >= 11 is 0. The monoisotopic (exact) mass is 235 g/mol. The minimum absolute atomic E-state index is 0.224. The molecule has 0 spiro atoms. The van der Waals surface area contributed by atoms with Gasteiger partial charge >= 0.3 is 0 Å². The molecule has 96 valence electrons. The molecule has 1 aromatic rings. The van der Waals surface area contributed by atoms with E-state index in [1.54, 1.807) is 0 Å². The van der Waals surface area contributed by atoms with Crippen LogP contribution in [0.3, 0.4) is 0 Å². The van der Waals surface area contributed by atoms with Crippen LogP contribution >= 0.6 is 0 Å². The van der Waals surface area contributed by atoms with Crippen LogP contribution in [0.25, 0.3) is 0 Å². The van der Waals surface area contributed by atoms with Gasteiger partial charge in [-0.15, -0.1) is 0 Å². The van der Waals surface area contributed by atoms with E-state index in [2.05, 4.69) is 40.7 Å². The van der Waals surface area contributed by atoms with Crippen molar-refractivity contribution in [2.24, 2.45) is 5.73 Å². The van der Waals surface area contributed by atoms with Crippen LogP contribution in [0.5, 0.6) is 5.75 Å². The lowest BCUT2D eigenvalue weighted by Gasteiger charge is -2.19. The van der Waals surface area contributed by atoms with E-state index in [0.29, 0.717) is 0 Å². The summed E-state index contributed by atoms with van der Waals surface area (Å²) in [4.78, 5) is 0. The van der Waals surface area contributed by atoms with Crippen molar-refractivity contribution in [3.05, 3.63) is 28.3 Å². The molecular formula is C15H25NO. The lowest BCUT2D eigenvalue weighted by molar-refractivity contribution is 0.240. The van der Waals surface area contributed by atoms with Gasteiger partial charge in [0.05, 0.1) is 6.10 Å². The molecule has 0 aliphatic heterocycles. The molecule has 1 aromatic carbocycles. The highest BCUT2D eigenvalue weighted by Crippen LogP contribution is 2.29. The highest BCUT2D eigenvalue weighted by molar-refractivity contribution is 5.48. The number of benzene rings is 1. The van der Waals surface area contributed by atoms with Gasteiger partial charge in [-0.3, -0.25) is 0 Å². The quantitative estimate of drug-likeness (QED) is 0.850. The second-order valence-corrected chi connectivity index (χ2v) is 4.98. The third kappa shape index (κ3) is 3.47. The molecule has 2 heteroatoms. The molecule has 2 N–H and O–H groups in total. The largest absolute Gasteiger partial charge is 0.491 e. The van der Waals surface area contributed by atoms with E-state index in [1.165, 1.54) is 22.3 Å². The zero-order chi connectivity index (χ0) is 13.0. The van der Waals surface area contributed by atoms with Crippen LogP contribution in [0.2, 0.25) is 0 Å². The Kier molecular flexibility index (Phi) is 5.01. The van der Waals surface area contributed by atoms with Crippen LogP contribution < -0.4 is 10.5 Å². The summed E-state index contributed by atoms with van der Waals surface area (Å²) in [6, 6.07) is 2.16. The van der Waals surface area contributed by atoms with Gasteiger partial charge in [-0.2, -0.15) is 0 Å². The molecule has 0 saturated carbocycles. The Morgan fingerprint density at radius 2 is 1.82 bits per heavy atom. The maximum atomic E-state index is 5.84. The van der Waals surface area contributed by atoms with E-state index in [1.807, 2.05) is 0 Å². The summed E-state index contributed by atoms with van der Waals surface area (Å²) in [5.74, 6) is 1.02. The number of ether oxygens (including phenoxy) is 1. The second kappa shape index (κ2) is 6.06. The van der Waals surface area contributed by atoms with Crippen molar-refractivity contribution in [3.63, 3.8) is 0 Å². The molecule has 0 amide bonds. The Morgan fingerprint density at radius 1 is 1.18 bits per heavy atom. The average Bonchev–Trinajstić information content (AvgIpc) is 2.25. The topological polar surface area (TPSA) is 35.2 Å². The summed E-state index contributed by atoms with van der Waals surface area (Å²) in [7, 11) is 0. The van der Waals surface area contributed by atoms with E-state index < -0.39 is 0 Å². The first-order chi connectivity index (χ1) is 7.97. The molecule has 0 aromatic heterocycles. The van der Waals surface area contributed by atoms with Crippen molar-refractivity contribution in [3.8, 4) is 5.75 Å². The van der Waals surface area contributed by atoms with Crippen molar-refractivity contribution in [1.29, 1.82) is 0 Å². The van der Waals surface area contributed by atoms with Crippen LogP contribution in [0.4, 0.5) is 0 Å². The van der Waals surface area contributed by atoms with Gasteiger partial charge in [0.15, 0.2) is 0 Å². The Hall–Kier alpha value is -1.02. The first-order valence-corrected chi connectivity index (χ1v) is 6.43. The van der Waals surface area contributed by atoms with Crippen LogP contribution in [0, 0.1) is 20.8 Å². The maximum Gasteiger partial charge on any atom is 0.123 e. The predicted octanol–water partition coefficient (Wildman–Crippen LogP) is 3.29. The van der Waals surface area contributed by atoms with Crippen LogP contribution in [0.1, 0.15) is 42.5 Å². The van der Waals surface area contributed by atoms with Gasteiger partial charge in [-0.1, -0.05) is 0 Å². The lowest BCUT2D eigenvalue weighted by atomic mass is 9.94. The van der Waals surface area contributed by atoms with E-state index in [4.69, 9.17) is 10.5 Å². The highest BCUT2D eigenvalue weighted by Gasteiger charge is 2.11. The lowest BCUT2D eigenvalue weighted by Crippen LogP contribution is -2.09. The van der Waals surface area contributed by atoms with Crippen LogP contribution in [-0.2, 0) is 6.42 Å². The third-order valence-corrected chi connectivity index (χ3v) is 3.20. The minimum atomic E-state index is 0.224. The minimum Gasteiger partial charge on any atom is -0.491 e. The van der Waals surface area contributed by atoms with Crippen molar-refractivity contribution in [2.75, 3.05) is 6.54 Å². The summed E-state index contributed by atoms with van der Waals surface area (Å²) < 4.78 is 5.84. The first-order valence-electron chi connectivity index (χ1n) is 6.43. The molecule has 0 heterocycles. The van der Waals surface area contributed by atoms with Crippen molar-refractivity contribution >= 4 is 0 Å². The molecule has 0 fully saturated rings. The fraction of sp³-hybridized carbons (Fsp3) is 0.600. The van der Waals surface area contributed by atoms with Gasteiger partial charge in [-0.25, -0.2) is 0 Å². The third-order valence-electron chi connectivity index (χ3n) is 3.20. The molecule has 0 bridgehead atoms. The fourth-order valence-corrected chi connectivity index (χ4v) is 2.14. The molecule has 0 saturated heterocycles. The van der Waals surface area contributed by atoms with Crippen LogP contribution in [-0.4, -0.2) is 12.6 Å². The molecular weight excluding hydrogens is 210 g/mol. The smallest absolute Gasteiger partial charge is 0.123 e. The summed E-state index contributed by atoms with van der Waals surface area (Å²) in [6.45, 7) is 11.4. The van der Waals surface area contributed by atoms with Gasteiger partial charge in [0.25, 0.3) is 0 Å². The summed E-state index contributed by atoms with van der Waals surface area (Å²) in [5, 5.41) is 0. The molecule has 1 rings (SSSR count). The Morgan fingerprint density at radius 3 is 2.35 bits per heavy atom. The van der Waals surface area contributed by atoms with Gasteiger partial charge in [0.2, 0.25) is 0 Å². The second-order valence-electron chi connectivity index (χ2n) is 4.98. The van der Waals surface area contributed by atoms with Gasteiger partial charge < -0.3 is 10.5 Å². The number of rotatable bonds is 5. The molecule has 0 aliphatic rings. The zero-order valence-corrected chi connectivity index (χ0v) is 11.8. The number of hydrogen-bond donors (Lipinski definition) is 1. The van der Waals surface area contributed by atoms with Crippen molar-refractivity contribution in [2.45, 2.75) is 53.6 Å². The maximum absolute atomic E-state index is 5.84. The molecule has 0 aliphatic carbocycles. The first kappa shape index (κ1) is 14.0. The number of nitrogens with two attached hydrogens (primary N) is 1. The van der Waals surface area contributed by atoms with E-state index in [9.17, 15) is 0 Å². The molecule has 0 atom stereocenters. The Bertz CT molecular complexity index is 383. The summed E-state index contributed by atoms with van der Waals surface area (Å²) in [5.41, 5.74) is 11.0. The Labute approximate surface area is 105 Å². The fourth-order valence-electron chi connectivity index (χ4n) is 2.14. The molecule has 0 radical (unpaired) electrons. The number of aryl methyl sites for hydroxylation is 1. The van der Waals surface area contributed by atoms with Gasteiger partial charge in [0.1, 0.15) is 5.75 Å². The molecule has 0 unspecified atom stereocenters. The molecule has 2 nitrogen and oxygen atoms in total. The standard InChI is InChI=1S/C15H25NO/c1-10(2)17-15-9-11(3)14(7-6-8-16)12(4)13(15)5/h9-10H,6-8,16H2,1-5H3. The van der Waals surface area contributed by atoms with Gasteiger partial charge in [-0.05, 0) is 82.3 Å². The highest BCUT2D eigenvalue weighted by atomic mass is 16.5. The zero-order valence-electron chi connectivity index (χ0n) is 11.8. The average molecular weight is 235 g/mol. The normalized spacial score (nSPS) is 11.0. The van der Waals surface area contributed by atoms with Crippen LogP contribution in [0.15, 0.2) is 6.07 Å².